The van der Waals surface area contributed by atoms with Crippen molar-refractivity contribution >= 4 is 23.1 Å². The zero-order chi connectivity index (χ0) is 19.9. The van der Waals surface area contributed by atoms with Crippen LogP contribution in [0, 0.1) is 0 Å². The molecule has 0 radical (unpaired) electrons. The molecule has 0 bridgehead atoms. The molecule has 0 aliphatic rings. The van der Waals surface area contributed by atoms with Crippen LogP contribution in [0.2, 0.25) is 0 Å². The van der Waals surface area contributed by atoms with E-state index in [0.717, 1.165) is 22.7 Å². The van der Waals surface area contributed by atoms with Crippen molar-refractivity contribution in [2.45, 2.75) is 6.54 Å². The van der Waals surface area contributed by atoms with E-state index >= 15 is 0 Å². The van der Waals surface area contributed by atoms with Gasteiger partial charge in [0.1, 0.15) is 5.75 Å². The van der Waals surface area contributed by atoms with Crippen molar-refractivity contribution in [1.29, 1.82) is 0 Å². The van der Waals surface area contributed by atoms with Crippen LogP contribution in [0.15, 0.2) is 91.1 Å². The van der Waals surface area contributed by atoms with Gasteiger partial charge in [-0.1, -0.05) is 48.5 Å². The van der Waals surface area contributed by atoms with Crippen LogP contribution in [0.5, 0.6) is 5.75 Å². The van der Waals surface area contributed by atoms with Gasteiger partial charge in [-0.3, -0.25) is 0 Å². The molecule has 29 heavy (non-hydrogen) atoms. The molecule has 0 fully saturated rings. The van der Waals surface area contributed by atoms with Crippen molar-refractivity contribution in [3.63, 3.8) is 0 Å². The first-order chi connectivity index (χ1) is 14.3. The Morgan fingerprint density at radius 2 is 1.55 bits per heavy atom. The Morgan fingerprint density at radius 1 is 0.862 bits per heavy atom. The lowest BCUT2D eigenvalue weighted by molar-refractivity contribution is 0.415. The maximum Gasteiger partial charge on any atom is 0.252 e. The number of anilines is 4. The molecule has 0 unspecified atom stereocenters. The fraction of sp³-hybridized carbons (Fsp3) is 0.0870. The predicted molar refractivity (Wildman–Crippen MR) is 115 cm³/mol. The number of rotatable bonds is 7. The molecule has 0 saturated heterocycles. The minimum atomic E-state index is 0.526. The van der Waals surface area contributed by atoms with E-state index in [9.17, 15) is 0 Å². The third kappa shape index (κ3) is 4.68. The van der Waals surface area contributed by atoms with Crippen molar-refractivity contribution in [2.75, 3.05) is 17.3 Å². The molecule has 4 rings (SSSR count). The van der Waals surface area contributed by atoms with E-state index in [1.54, 1.807) is 13.3 Å². The SMILES string of the molecule is COc1ccc(Nc2cnnc(N(Cc3ccccc3)c3ccccc3)n2)cc1. The van der Waals surface area contributed by atoms with Crippen molar-refractivity contribution < 1.29 is 4.74 Å². The molecule has 6 nitrogen and oxygen atoms in total. The summed E-state index contributed by atoms with van der Waals surface area (Å²) in [6.07, 6.45) is 1.61. The fourth-order valence-corrected chi connectivity index (χ4v) is 2.94. The van der Waals surface area contributed by atoms with E-state index in [0.29, 0.717) is 18.3 Å². The lowest BCUT2D eigenvalue weighted by Crippen LogP contribution is -2.20. The first-order valence-electron chi connectivity index (χ1n) is 9.29. The summed E-state index contributed by atoms with van der Waals surface area (Å²) in [6, 6.07) is 27.9. The van der Waals surface area contributed by atoms with Crippen molar-refractivity contribution in [3.8, 4) is 5.75 Å². The van der Waals surface area contributed by atoms with Gasteiger partial charge in [0, 0.05) is 11.4 Å². The largest absolute Gasteiger partial charge is 0.497 e. The standard InChI is InChI=1S/C23H21N5O/c1-29-21-14-12-19(13-15-21)25-22-16-24-27-23(26-22)28(20-10-6-3-7-11-20)17-18-8-4-2-5-9-18/h2-16H,17H2,1H3,(H,25,26,27). The fourth-order valence-electron chi connectivity index (χ4n) is 2.94. The molecule has 0 saturated carbocycles. The van der Waals surface area contributed by atoms with Crippen LogP contribution in [-0.4, -0.2) is 22.3 Å². The number of hydrogen-bond donors (Lipinski definition) is 1. The summed E-state index contributed by atoms with van der Waals surface area (Å²) < 4.78 is 5.20. The summed E-state index contributed by atoms with van der Waals surface area (Å²) in [5.41, 5.74) is 3.06. The van der Waals surface area contributed by atoms with Crippen LogP contribution >= 0.6 is 0 Å². The molecule has 0 atom stereocenters. The molecule has 0 aliphatic heterocycles. The van der Waals surface area contributed by atoms with E-state index in [-0.39, 0.29) is 0 Å². The number of ether oxygens (including phenoxy) is 1. The second-order valence-corrected chi connectivity index (χ2v) is 6.40. The molecule has 4 aromatic rings. The number of hydrogen-bond acceptors (Lipinski definition) is 6. The van der Waals surface area contributed by atoms with Crippen LogP contribution in [0.4, 0.5) is 23.1 Å². The summed E-state index contributed by atoms with van der Waals surface area (Å²) in [6.45, 7) is 0.637. The van der Waals surface area contributed by atoms with Crippen LogP contribution in [0.3, 0.4) is 0 Å². The molecule has 0 aliphatic carbocycles. The summed E-state index contributed by atoms with van der Waals surface area (Å²) in [5.74, 6) is 1.95. The van der Waals surface area contributed by atoms with Gasteiger partial charge >= 0.3 is 0 Å². The molecule has 144 valence electrons. The maximum absolute atomic E-state index is 5.20. The minimum absolute atomic E-state index is 0.526. The number of aromatic nitrogens is 3. The number of methoxy groups -OCH3 is 1. The molecule has 1 heterocycles. The van der Waals surface area contributed by atoms with Gasteiger partial charge < -0.3 is 15.0 Å². The summed E-state index contributed by atoms with van der Waals surface area (Å²) in [4.78, 5) is 6.74. The first-order valence-corrected chi connectivity index (χ1v) is 9.29. The van der Waals surface area contributed by atoms with Crippen LogP contribution < -0.4 is 15.0 Å². The molecule has 0 spiro atoms. The Bertz CT molecular complexity index is 1040. The van der Waals surface area contributed by atoms with E-state index < -0.39 is 0 Å². The van der Waals surface area contributed by atoms with Gasteiger partial charge in [0.25, 0.3) is 5.95 Å². The smallest absolute Gasteiger partial charge is 0.252 e. The Labute approximate surface area is 169 Å². The van der Waals surface area contributed by atoms with Crippen molar-refractivity contribution in [1.82, 2.24) is 15.2 Å². The molecule has 1 N–H and O–H groups in total. The highest BCUT2D eigenvalue weighted by Crippen LogP contribution is 2.25. The first kappa shape index (κ1) is 18.4. The lowest BCUT2D eigenvalue weighted by atomic mass is 10.2. The minimum Gasteiger partial charge on any atom is -0.497 e. The summed E-state index contributed by atoms with van der Waals surface area (Å²) in [5, 5.41) is 11.7. The Morgan fingerprint density at radius 3 is 2.24 bits per heavy atom. The molecule has 3 aromatic carbocycles. The van der Waals surface area contributed by atoms with Gasteiger partial charge in [0.15, 0.2) is 5.82 Å². The van der Waals surface area contributed by atoms with Gasteiger partial charge in [-0.15, -0.1) is 5.10 Å². The highest BCUT2D eigenvalue weighted by atomic mass is 16.5. The van der Waals surface area contributed by atoms with Crippen LogP contribution in [-0.2, 0) is 6.54 Å². The van der Waals surface area contributed by atoms with Gasteiger partial charge in [-0.05, 0) is 42.0 Å². The number of para-hydroxylation sites is 1. The van der Waals surface area contributed by atoms with Gasteiger partial charge in [0.2, 0.25) is 0 Å². The van der Waals surface area contributed by atoms with Crippen LogP contribution in [0.25, 0.3) is 0 Å². The third-order valence-corrected chi connectivity index (χ3v) is 4.40. The highest BCUT2D eigenvalue weighted by molar-refractivity contribution is 5.61. The topological polar surface area (TPSA) is 63.2 Å². The zero-order valence-corrected chi connectivity index (χ0v) is 16.1. The second-order valence-electron chi connectivity index (χ2n) is 6.40. The molecule has 1 aromatic heterocycles. The maximum atomic E-state index is 5.20. The van der Waals surface area contributed by atoms with Gasteiger partial charge in [-0.2, -0.15) is 10.1 Å². The van der Waals surface area contributed by atoms with Crippen molar-refractivity contribution in [3.05, 3.63) is 96.7 Å². The Balaban J connectivity index is 1.62. The van der Waals surface area contributed by atoms with Crippen LogP contribution in [0.1, 0.15) is 5.56 Å². The van der Waals surface area contributed by atoms with E-state index in [2.05, 4.69) is 27.6 Å². The average molecular weight is 383 g/mol. The molecular formula is C23H21N5O. The van der Waals surface area contributed by atoms with Crippen molar-refractivity contribution in [2.24, 2.45) is 0 Å². The van der Waals surface area contributed by atoms with E-state index in [1.807, 2.05) is 77.7 Å². The van der Waals surface area contributed by atoms with Gasteiger partial charge in [-0.25, -0.2) is 0 Å². The zero-order valence-electron chi connectivity index (χ0n) is 16.1. The molecule has 6 heteroatoms. The molecule has 0 amide bonds. The predicted octanol–water partition coefficient (Wildman–Crippen LogP) is 4.96. The highest BCUT2D eigenvalue weighted by Gasteiger charge is 2.14. The monoisotopic (exact) mass is 383 g/mol. The number of nitrogens with zero attached hydrogens (tertiary/aromatic N) is 4. The van der Waals surface area contributed by atoms with E-state index in [4.69, 9.17) is 9.72 Å². The quantitative estimate of drug-likeness (QED) is 0.486. The average Bonchev–Trinajstić information content (AvgIpc) is 2.79. The van der Waals surface area contributed by atoms with Gasteiger partial charge in [0.05, 0.1) is 19.9 Å². The molecular weight excluding hydrogens is 362 g/mol. The summed E-state index contributed by atoms with van der Waals surface area (Å²) in [7, 11) is 1.65. The lowest BCUT2D eigenvalue weighted by Gasteiger charge is -2.22. The second kappa shape index (κ2) is 8.84. The number of benzene rings is 3. The third-order valence-electron chi connectivity index (χ3n) is 4.40. The normalized spacial score (nSPS) is 10.4. The Kier molecular flexibility index (Phi) is 5.62. The number of nitrogens with one attached hydrogen (secondary N) is 1. The summed E-state index contributed by atoms with van der Waals surface area (Å²) >= 11 is 0. The van der Waals surface area contributed by atoms with E-state index in [1.165, 1.54) is 0 Å². The Hall–Kier alpha value is -3.93.